The van der Waals surface area contributed by atoms with Gasteiger partial charge in [-0.2, -0.15) is 0 Å². The van der Waals surface area contributed by atoms with Crippen molar-refractivity contribution in [2.75, 3.05) is 10.6 Å². The van der Waals surface area contributed by atoms with Crippen LogP contribution in [-0.2, 0) is 0 Å². The summed E-state index contributed by atoms with van der Waals surface area (Å²) in [5, 5.41) is 29.2. The fourth-order valence-corrected chi connectivity index (χ4v) is 4.75. The standard InChI is InChI=1S/C19H20BrN5O2S/c20-12-1-6-15-16(9-12)28-19(23-15)25-18-8-11(10-21-27)7-17(24-18)22-13-2-4-14(26)5-3-13/h1,6-10,13-14,26-27H,2-5H2,(H2,22,23,24,25). The molecule has 1 saturated carbocycles. The van der Waals surface area contributed by atoms with E-state index < -0.39 is 0 Å². The molecule has 4 N–H and O–H groups in total. The molecule has 3 aromatic rings. The molecular formula is C19H20BrN5O2S. The number of hydrogen-bond donors (Lipinski definition) is 4. The molecular weight excluding hydrogens is 442 g/mol. The number of fused-ring (bicyclic) bond motifs is 1. The molecule has 28 heavy (non-hydrogen) atoms. The molecule has 0 unspecified atom stereocenters. The number of hydrogen-bond acceptors (Lipinski definition) is 8. The Bertz CT molecular complexity index is 1000. The number of rotatable bonds is 5. The first-order valence-electron chi connectivity index (χ1n) is 9.06. The second-order valence-electron chi connectivity index (χ2n) is 6.82. The van der Waals surface area contributed by atoms with Crippen molar-refractivity contribution < 1.29 is 10.3 Å². The zero-order valence-corrected chi connectivity index (χ0v) is 17.4. The van der Waals surface area contributed by atoms with Crippen LogP contribution in [0.2, 0.25) is 0 Å². The summed E-state index contributed by atoms with van der Waals surface area (Å²) in [7, 11) is 0. The van der Waals surface area contributed by atoms with E-state index in [-0.39, 0.29) is 12.1 Å². The van der Waals surface area contributed by atoms with E-state index in [4.69, 9.17) is 5.21 Å². The molecule has 4 rings (SSSR count). The molecule has 1 aromatic carbocycles. The second-order valence-corrected chi connectivity index (χ2v) is 8.77. The summed E-state index contributed by atoms with van der Waals surface area (Å²) in [6, 6.07) is 9.87. The number of aliphatic hydroxyl groups is 1. The lowest BCUT2D eigenvalue weighted by molar-refractivity contribution is 0.126. The number of benzene rings is 1. The molecule has 9 heteroatoms. The molecule has 1 aliphatic rings. The van der Waals surface area contributed by atoms with Crippen LogP contribution in [0.1, 0.15) is 31.2 Å². The van der Waals surface area contributed by atoms with E-state index in [1.807, 2.05) is 24.3 Å². The molecule has 0 amide bonds. The minimum Gasteiger partial charge on any atom is -0.411 e. The van der Waals surface area contributed by atoms with Gasteiger partial charge in [-0.05, 0) is 56.0 Å². The lowest BCUT2D eigenvalue weighted by Crippen LogP contribution is -2.28. The molecule has 146 valence electrons. The summed E-state index contributed by atoms with van der Waals surface area (Å²) in [5.41, 5.74) is 1.64. The van der Waals surface area contributed by atoms with Gasteiger partial charge in [-0.15, -0.1) is 0 Å². The van der Waals surface area contributed by atoms with E-state index in [9.17, 15) is 5.11 Å². The van der Waals surface area contributed by atoms with E-state index >= 15 is 0 Å². The summed E-state index contributed by atoms with van der Waals surface area (Å²) in [4.78, 5) is 9.23. The highest BCUT2D eigenvalue weighted by atomic mass is 79.9. The number of nitrogens with zero attached hydrogens (tertiary/aromatic N) is 3. The summed E-state index contributed by atoms with van der Waals surface area (Å²) in [6.07, 6.45) is 4.56. The topological polar surface area (TPSA) is 103 Å². The summed E-state index contributed by atoms with van der Waals surface area (Å²) < 4.78 is 2.09. The normalized spacial score (nSPS) is 19.9. The number of nitrogens with one attached hydrogen (secondary N) is 2. The van der Waals surface area contributed by atoms with E-state index in [1.165, 1.54) is 6.21 Å². The first kappa shape index (κ1) is 19.1. The maximum Gasteiger partial charge on any atom is 0.189 e. The minimum atomic E-state index is -0.199. The number of halogens is 1. The van der Waals surface area contributed by atoms with Crippen LogP contribution in [0, 0.1) is 0 Å². The van der Waals surface area contributed by atoms with Gasteiger partial charge in [0, 0.05) is 16.1 Å². The van der Waals surface area contributed by atoms with Crippen LogP contribution in [-0.4, -0.2) is 38.6 Å². The fourth-order valence-electron chi connectivity index (χ4n) is 3.32. The molecule has 0 radical (unpaired) electrons. The van der Waals surface area contributed by atoms with Crippen molar-refractivity contribution in [1.29, 1.82) is 0 Å². The zero-order valence-electron chi connectivity index (χ0n) is 15.0. The van der Waals surface area contributed by atoms with Gasteiger partial charge in [-0.1, -0.05) is 32.4 Å². The van der Waals surface area contributed by atoms with Crippen LogP contribution >= 0.6 is 27.3 Å². The minimum absolute atomic E-state index is 0.199. The maximum atomic E-state index is 9.69. The molecule has 1 aliphatic carbocycles. The quantitative estimate of drug-likeness (QED) is 0.249. The van der Waals surface area contributed by atoms with Gasteiger partial charge in [-0.3, -0.25) is 0 Å². The van der Waals surface area contributed by atoms with Crippen molar-refractivity contribution >= 4 is 60.5 Å². The average molecular weight is 462 g/mol. The van der Waals surface area contributed by atoms with E-state index in [0.717, 1.165) is 51.1 Å². The molecule has 0 spiro atoms. The van der Waals surface area contributed by atoms with Crippen LogP contribution < -0.4 is 10.6 Å². The number of pyridine rings is 1. The highest BCUT2D eigenvalue weighted by molar-refractivity contribution is 9.10. The monoisotopic (exact) mass is 461 g/mol. The Morgan fingerprint density at radius 2 is 1.89 bits per heavy atom. The Hall–Kier alpha value is -2.23. The lowest BCUT2D eigenvalue weighted by Gasteiger charge is -2.26. The van der Waals surface area contributed by atoms with Gasteiger partial charge in [0.1, 0.15) is 11.6 Å². The van der Waals surface area contributed by atoms with Gasteiger partial charge in [0.05, 0.1) is 22.5 Å². The summed E-state index contributed by atoms with van der Waals surface area (Å²) in [6.45, 7) is 0. The highest BCUT2D eigenvalue weighted by Gasteiger charge is 2.19. The van der Waals surface area contributed by atoms with Crippen LogP contribution in [0.25, 0.3) is 10.2 Å². The van der Waals surface area contributed by atoms with Crippen molar-refractivity contribution in [3.8, 4) is 0 Å². The number of thiazole rings is 1. The second kappa shape index (κ2) is 8.42. The van der Waals surface area contributed by atoms with Gasteiger partial charge in [0.15, 0.2) is 5.13 Å². The SMILES string of the molecule is ON=Cc1cc(Nc2nc3ccc(Br)cc3s2)nc(NC2CCC(O)CC2)c1. The predicted octanol–water partition coefficient (Wildman–Crippen LogP) is 4.72. The first-order chi connectivity index (χ1) is 13.6. The maximum absolute atomic E-state index is 9.69. The van der Waals surface area contributed by atoms with Crippen molar-refractivity contribution in [1.82, 2.24) is 9.97 Å². The molecule has 1 fully saturated rings. The number of aliphatic hydroxyl groups excluding tert-OH is 1. The molecule has 0 atom stereocenters. The Kier molecular flexibility index (Phi) is 5.74. The molecule has 0 aliphatic heterocycles. The van der Waals surface area contributed by atoms with Gasteiger partial charge in [0.2, 0.25) is 0 Å². The van der Waals surface area contributed by atoms with Crippen molar-refractivity contribution in [3.05, 3.63) is 40.4 Å². The van der Waals surface area contributed by atoms with Crippen LogP contribution in [0.15, 0.2) is 40.0 Å². The third-order valence-electron chi connectivity index (χ3n) is 4.69. The third-order valence-corrected chi connectivity index (χ3v) is 6.12. The molecule has 7 nitrogen and oxygen atoms in total. The fraction of sp³-hybridized carbons (Fsp3) is 0.316. The smallest absolute Gasteiger partial charge is 0.189 e. The van der Waals surface area contributed by atoms with Crippen LogP contribution in [0.3, 0.4) is 0 Å². The Morgan fingerprint density at radius 1 is 1.11 bits per heavy atom. The van der Waals surface area contributed by atoms with Crippen LogP contribution in [0.4, 0.5) is 16.8 Å². The number of anilines is 3. The van der Waals surface area contributed by atoms with Crippen molar-refractivity contribution in [2.45, 2.75) is 37.8 Å². The Labute approximate surface area is 174 Å². The van der Waals surface area contributed by atoms with E-state index in [2.05, 4.69) is 41.7 Å². The molecule has 0 saturated heterocycles. The van der Waals surface area contributed by atoms with Crippen molar-refractivity contribution in [3.63, 3.8) is 0 Å². The average Bonchev–Trinajstić information content (AvgIpc) is 3.05. The Balaban J connectivity index is 1.57. The molecule has 0 bridgehead atoms. The van der Waals surface area contributed by atoms with E-state index in [0.29, 0.717) is 11.6 Å². The first-order valence-corrected chi connectivity index (χ1v) is 10.7. The van der Waals surface area contributed by atoms with Gasteiger partial charge >= 0.3 is 0 Å². The highest BCUT2D eigenvalue weighted by Crippen LogP contribution is 2.30. The van der Waals surface area contributed by atoms with Gasteiger partial charge in [0.25, 0.3) is 0 Å². The van der Waals surface area contributed by atoms with Gasteiger partial charge < -0.3 is 20.9 Å². The lowest BCUT2D eigenvalue weighted by atomic mass is 9.93. The predicted molar refractivity (Wildman–Crippen MR) is 116 cm³/mol. The molecule has 2 aromatic heterocycles. The van der Waals surface area contributed by atoms with Gasteiger partial charge in [-0.25, -0.2) is 9.97 Å². The van der Waals surface area contributed by atoms with Crippen molar-refractivity contribution in [2.24, 2.45) is 5.16 Å². The zero-order chi connectivity index (χ0) is 19.5. The number of oxime groups is 1. The van der Waals surface area contributed by atoms with Crippen LogP contribution in [0.5, 0.6) is 0 Å². The number of aromatic nitrogens is 2. The largest absolute Gasteiger partial charge is 0.411 e. The summed E-state index contributed by atoms with van der Waals surface area (Å²) in [5.74, 6) is 1.32. The molecule has 2 heterocycles. The Morgan fingerprint density at radius 3 is 2.68 bits per heavy atom. The van der Waals surface area contributed by atoms with E-state index in [1.54, 1.807) is 17.4 Å². The summed E-state index contributed by atoms with van der Waals surface area (Å²) >= 11 is 5.02. The third kappa shape index (κ3) is 4.60.